The van der Waals surface area contributed by atoms with Crippen molar-refractivity contribution in [1.29, 1.82) is 0 Å². The highest BCUT2D eigenvalue weighted by atomic mass is 35.5. The van der Waals surface area contributed by atoms with Gasteiger partial charge in [-0.3, -0.25) is 0 Å². The van der Waals surface area contributed by atoms with Gasteiger partial charge in [0, 0.05) is 24.1 Å². The van der Waals surface area contributed by atoms with Crippen LogP contribution in [-0.2, 0) is 16.7 Å². The Morgan fingerprint density at radius 3 is 2.73 bits per heavy atom. The maximum absolute atomic E-state index is 6.12. The fourth-order valence-corrected chi connectivity index (χ4v) is 3.63. The Bertz CT molecular complexity index is 900. The molecule has 2 heterocycles. The van der Waals surface area contributed by atoms with E-state index in [-0.39, 0.29) is 10.7 Å². The Hall–Kier alpha value is -1.57. The van der Waals surface area contributed by atoms with Crippen molar-refractivity contribution < 1.29 is 9.26 Å². The molecular formula is C18H23ClN4O2S. The molecule has 8 heteroatoms. The number of methoxy groups -OCH3 is 1. The van der Waals surface area contributed by atoms with Crippen molar-refractivity contribution in [2.24, 2.45) is 0 Å². The van der Waals surface area contributed by atoms with Crippen molar-refractivity contribution in [3.63, 3.8) is 0 Å². The van der Waals surface area contributed by atoms with E-state index in [4.69, 9.17) is 25.8 Å². The van der Waals surface area contributed by atoms with Gasteiger partial charge >= 0.3 is 0 Å². The Morgan fingerprint density at radius 1 is 1.31 bits per heavy atom. The van der Waals surface area contributed by atoms with E-state index in [9.17, 15) is 0 Å². The molecule has 6 nitrogen and oxygen atoms in total. The normalized spacial score (nSPS) is 13.5. The summed E-state index contributed by atoms with van der Waals surface area (Å²) < 4.78 is 12.9. The van der Waals surface area contributed by atoms with Crippen molar-refractivity contribution in [3.05, 3.63) is 34.9 Å². The van der Waals surface area contributed by atoms with Crippen LogP contribution >= 0.6 is 23.4 Å². The van der Waals surface area contributed by atoms with Gasteiger partial charge in [-0.2, -0.15) is 4.98 Å². The number of thioether (sulfide) groups is 1. The van der Waals surface area contributed by atoms with Gasteiger partial charge in [-0.25, -0.2) is 4.98 Å². The van der Waals surface area contributed by atoms with E-state index in [1.807, 2.05) is 25.1 Å². The highest BCUT2D eigenvalue weighted by Crippen LogP contribution is 2.36. The zero-order valence-electron chi connectivity index (χ0n) is 15.6. The molecule has 0 aliphatic heterocycles. The number of hydrogen-bond donors (Lipinski definition) is 0. The molecule has 0 aliphatic carbocycles. The van der Waals surface area contributed by atoms with Crippen molar-refractivity contribution in [1.82, 2.24) is 19.7 Å². The third kappa shape index (κ3) is 4.05. The lowest BCUT2D eigenvalue weighted by Gasteiger charge is -2.12. The number of nitrogens with zero attached hydrogens (tertiary/aromatic N) is 4. The number of benzene rings is 1. The third-order valence-corrected chi connectivity index (χ3v) is 5.25. The molecule has 0 bridgehead atoms. The van der Waals surface area contributed by atoms with Crippen LogP contribution in [0.25, 0.3) is 11.0 Å². The van der Waals surface area contributed by atoms with Gasteiger partial charge in [-0.05, 0) is 25.1 Å². The number of imidazole rings is 1. The maximum Gasteiger partial charge on any atom is 0.239 e. The van der Waals surface area contributed by atoms with Crippen LogP contribution in [0, 0.1) is 0 Å². The summed E-state index contributed by atoms with van der Waals surface area (Å²) in [7, 11) is 1.69. The molecule has 0 fully saturated rings. The first kappa shape index (κ1) is 19.2. The SMILES string of the molecule is COCCn1c(S[C@@H](C)c2nc(C(C)(C)C)no2)nc2cc(Cl)ccc21. The average Bonchev–Trinajstić information content (AvgIpc) is 3.17. The largest absolute Gasteiger partial charge is 0.383 e. The second kappa shape index (κ2) is 7.58. The summed E-state index contributed by atoms with van der Waals surface area (Å²) in [6.45, 7) is 9.54. The summed E-state index contributed by atoms with van der Waals surface area (Å²) in [5, 5.41) is 5.64. The van der Waals surface area contributed by atoms with Gasteiger partial charge in [0.1, 0.15) is 0 Å². The topological polar surface area (TPSA) is 66.0 Å². The Balaban J connectivity index is 1.90. The summed E-state index contributed by atoms with van der Waals surface area (Å²) in [5.74, 6) is 1.31. The molecule has 1 aromatic carbocycles. The molecule has 0 unspecified atom stereocenters. The Labute approximate surface area is 162 Å². The van der Waals surface area contributed by atoms with Gasteiger partial charge in [0.15, 0.2) is 11.0 Å². The van der Waals surface area contributed by atoms with E-state index in [2.05, 4.69) is 35.5 Å². The van der Waals surface area contributed by atoms with Crippen LogP contribution in [-0.4, -0.2) is 33.4 Å². The molecule has 2 aromatic heterocycles. The Morgan fingerprint density at radius 2 is 2.08 bits per heavy atom. The molecule has 3 aromatic rings. The molecule has 26 heavy (non-hydrogen) atoms. The van der Waals surface area contributed by atoms with Gasteiger partial charge in [-0.15, -0.1) is 0 Å². The molecule has 0 saturated carbocycles. The van der Waals surface area contributed by atoms with Gasteiger partial charge in [-0.1, -0.05) is 49.3 Å². The summed E-state index contributed by atoms with van der Waals surface area (Å²) in [4.78, 5) is 9.30. The number of rotatable bonds is 6. The van der Waals surface area contributed by atoms with Gasteiger partial charge < -0.3 is 13.8 Å². The van der Waals surface area contributed by atoms with Crippen molar-refractivity contribution in [3.8, 4) is 0 Å². The molecule has 140 valence electrons. The van der Waals surface area contributed by atoms with Crippen LogP contribution in [0.5, 0.6) is 0 Å². The molecule has 0 radical (unpaired) electrons. The molecule has 0 spiro atoms. The van der Waals surface area contributed by atoms with E-state index >= 15 is 0 Å². The first-order valence-electron chi connectivity index (χ1n) is 8.45. The second-order valence-electron chi connectivity index (χ2n) is 7.14. The molecule has 0 aliphatic rings. The zero-order chi connectivity index (χ0) is 18.9. The summed E-state index contributed by atoms with van der Waals surface area (Å²) in [5.41, 5.74) is 1.75. The van der Waals surface area contributed by atoms with E-state index in [1.165, 1.54) is 0 Å². The fraction of sp³-hybridized carbons (Fsp3) is 0.500. The molecule has 0 saturated heterocycles. The lowest BCUT2D eigenvalue weighted by atomic mass is 9.96. The van der Waals surface area contributed by atoms with Crippen LogP contribution in [0.4, 0.5) is 0 Å². The van der Waals surface area contributed by atoms with Crippen LogP contribution in [0.3, 0.4) is 0 Å². The first-order chi connectivity index (χ1) is 12.3. The highest BCUT2D eigenvalue weighted by molar-refractivity contribution is 7.99. The fourth-order valence-electron chi connectivity index (χ4n) is 2.48. The summed E-state index contributed by atoms with van der Waals surface area (Å²) in [6, 6.07) is 5.74. The smallest absolute Gasteiger partial charge is 0.239 e. The third-order valence-electron chi connectivity index (χ3n) is 3.94. The van der Waals surface area contributed by atoms with E-state index in [0.29, 0.717) is 29.9 Å². The van der Waals surface area contributed by atoms with Gasteiger partial charge in [0.2, 0.25) is 5.89 Å². The predicted molar refractivity (Wildman–Crippen MR) is 104 cm³/mol. The lowest BCUT2D eigenvalue weighted by molar-refractivity contribution is 0.186. The van der Waals surface area contributed by atoms with Crippen molar-refractivity contribution >= 4 is 34.4 Å². The number of halogens is 1. The molecular weight excluding hydrogens is 372 g/mol. The van der Waals surface area contributed by atoms with Crippen LogP contribution < -0.4 is 0 Å². The predicted octanol–water partition coefficient (Wildman–Crippen LogP) is 4.87. The number of ether oxygens (including phenoxy) is 1. The minimum absolute atomic E-state index is 0.0211. The molecule has 3 rings (SSSR count). The molecule has 1 atom stereocenters. The van der Waals surface area contributed by atoms with E-state index in [0.717, 1.165) is 16.2 Å². The average molecular weight is 395 g/mol. The van der Waals surface area contributed by atoms with Crippen LogP contribution in [0.15, 0.2) is 27.9 Å². The van der Waals surface area contributed by atoms with Gasteiger partial charge in [0.05, 0.1) is 22.9 Å². The molecule has 0 amide bonds. The quantitative estimate of drug-likeness (QED) is 0.555. The van der Waals surface area contributed by atoms with Crippen molar-refractivity contribution in [2.45, 2.75) is 50.1 Å². The monoisotopic (exact) mass is 394 g/mol. The van der Waals surface area contributed by atoms with Crippen molar-refractivity contribution in [2.75, 3.05) is 13.7 Å². The second-order valence-corrected chi connectivity index (χ2v) is 8.88. The summed E-state index contributed by atoms with van der Waals surface area (Å²) >= 11 is 7.70. The standard InChI is InChI=1S/C18H23ClN4O2S/c1-11(15-21-16(22-25-15)18(2,3)4)26-17-20-13-10-12(19)6-7-14(13)23(17)8-9-24-5/h6-7,10-11H,8-9H2,1-5H3/t11-/m0/s1. The lowest BCUT2D eigenvalue weighted by Crippen LogP contribution is -2.13. The summed E-state index contributed by atoms with van der Waals surface area (Å²) in [6.07, 6.45) is 0. The van der Waals surface area contributed by atoms with E-state index < -0.39 is 0 Å². The highest BCUT2D eigenvalue weighted by Gasteiger charge is 2.25. The first-order valence-corrected chi connectivity index (χ1v) is 9.71. The minimum Gasteiger partial charge on any atom is -0.383 e. The zero-order valence-corrected chi connectivity index (χ0v) is 17.2. The van der Waals surface area contributed by atoms with Crippen LogP contribution in [0.2, 0.25) is 5.02 Å². The minimum atomic E-state index is -0.144. The Kier molecular flexibility index (Phi) is 5.60. The van der Waals surface area contributed by atoms with Gasteiger partial charge in [0.25, 0.3) is 0 Å². The number of hydrogen-bond acceptors (Lipinski definition) is 6. The number of fused-ring (bicyclic) bond motifs is 1. The van der Waals surface area contributed by atoms with Crippen LogP contribution in [0.1, 0.15) is 44.7 Å². The molecule has 0 N–H and O–H groups in total. The number of aromatic nitrogens is 4. The maximum atomic E-state index is 6.12. The van der Waals surface area contributed by atoms with E-state index in [1.54, 1.807) is 18.9 Å².